The molecule has 0 aromatic rings. The van der Waals surface area contributed by atoms with Crippen molar-refractivity contribution in [3.05, 3.63) is 0 Å². The highest BCUT2D eigenvalue weighted by Crippen LogP contribution is 2.28. The number of hydrogen-bond acceptors (Lipinski definition) is 3. The summed E-state index contributed by atoms with van der Waals surface area (Å²) in [5, 5.41) is 0. The Hall–Kier alpha value is 0.170. The molecular formula is C11H22ClNO2. The topological polar surface area (TPSA) is 21.7 Å². The van der Waals surface area contributed by atoms with Gasteiger partial charge in [-0.3, -0.25) is 0 Å². The first-order chi connectivity index (χ1) is 7.33. The molecule has 0 bridgehead atoms. The van der Waals surface area contributed by atoms with Crippen molar-refractivity contribution >= 4 is 11.6 Å². The van der Waals surface area contributed by atoms with Gasteiger partial charge in [0, 0.05) is 25.6 Å². The van der Waals surface area contributed by atoms with Crippen LogP contribution in [0, 0.1) is 5.92 Å². The monoisotopic (exact) mass is 235 g/mol. The molecule has 0 saturated heterocycles. The van der Waals surface area contributed by atoms with Crippen LogP contribution >= 0.6 is 11.6 Å². The van der Waals surface area contributed by atoms with Crippen LogP contribution in [-0.4, -0.2) is 57.3 Å². The Bertz CT molecular complexity index is 154. The van der Waals surface area contributed by atoms with Gasteiger partial charge in [0.2, 0.25) is 0 Å². The van der Waals surface area contributed by atoms with Gasteiger partial charge in [-0.2, -0.15) is 0 Å². The predicted octanol–water partition coefficient (Wildman–Crippen LogP) is 1.60. The van der Waals surface area contributed by atoms with E-state index in [1.165, 1.54) is 12.8 Å². The van der Waals surface area contributed by atoms with Gasteiger partial charge in [0.15, 0.2) is 0 Å². The minimum atomic E-state index is 0.578. The standard InChI is InChI=1S/C11H22ClNO2/c1-13(5-8-14-7-4-12)6-9-15-10-11-2-3-11/h11H,2-10H2,1H3. The summed E-state index contributed by atoms with van der Waals surface area (Å²) in [6.07, 6.45) is 2.73. The van der Waals surface area contributed by atoms with Crippen LogP contribution in [0.5, 0.6) is 0 Å². The fourth-order valence-corrected chi connectivity index (χ4v) is 1.35. The fraction of sp³-hybridized carbons (Fsp3) is 1.00. The third-order valence-corrected chi connectivity index (χ3v) is 2.66. The van der Waals surface area contributed by atoms with Crippen molar-refractivity contribution in [1.29, 1.82) is 0 Å². The van der Waals surface area contributed by atoms with Gasteiger partial charge < -0.3 is 14.4 Å². The normalized spacial score (nSPS) is 16.2. The summed E-state index contributed by atoms with van der Waals surface area (Å²) in [6, 6.07) is 0. The Balaban J connectivity index is 1.77. The summed E-state index contributed by atoms with van der Waals surface area (Å²) in [4.78, 5) is 2.22. The minimum absolute atomic E-state index is 0.578. The Morgan fingerprint density at radius 2 is 1.80 bits per heavy atom. The van der Waals surface area contributed by atoms with Gasteiger partial charge in [0.1, 0.15) is 0 Å². The fourth-order valence-electron chi connectivity index (χ4n) is 1.24. The lowest BCUT2D eigenvalue weighted by molar-refractivity contribution is 0.0844. The van der Waals surface area contributed by atoms with Crippen molar-refractivity contribution in [3.8, 4) is 0 Å². The molecule has 0 aliphatic heterocycles. The molecule has 0 heterocycles. The smallest absolute Gasteiger partial charge is 0.0602 e. The summed E-state index contributed by atoms with van der Waals surface area (Å²) in [5.41, 5.74) is 0. The molecule has 0 aromatic carbocycles. The molecule has 0 aromatic heterocycles. The Labute approximate surface area is 97.7 Å². The molecule has 1 aliphatic carbocycles. The van der Waals surface area contributed by atoms with E-state index in [-0.39, 0.29) is 0 Å². The molecule has 1 aliphatic rings. The average Bonchev–Trinajstić information content (AvgIpc) is 3.03. The SMILES string of the molecule is CN(CCOCCCl)CCOCC1CC1. The molecule has 1 saturated carbocycles. The number of likely N-dealkylation sites (N-methyl/N-ethyl adjacent to an activating group) is 1. The van der Waals surface area contributed by atoms with Crippen molar-refractivity contribution < 1.29 is 9.47 Å². The number of nitrogens with zero attached hydrogens (tertiary/aromatic N) is 1. The van der Waals surface area contributed by atoms with Gasteiger partial charge in [0.05, 0.1) is 19.8 Å². The molecule has 15 heavy (non-hydrogen) atoms. The maximum Gasteiger partial charge on any atom is 0.0602 e. The van der Waals surface area contributed by atoms with Gasteiger partial charge >= 0.3 is 0 Å². The number of rotatable bonds is 10. The van der Waals surface area contributed by atoms with Crippen LogP contribution < -0.4 is 0 Å². The van der Waals surface area contributed by atoms with Crippen molar-refractivity contribution in [2.45, 2.75) is 12.8 Å². The van der Waals surface area contributed by atoms with Gasteiger partial charge in [-0.25, -0.2) is 0 Å². The summed E-state index contributed by atoms with van der Waals surface area (Å²) < 4.78 is 10.8. The van der Waals surface area contributed by atoms with Gasteiger partial charge in [-0.05, 0) is 25.8 Å². The van der Waals surface area contributed by atoms with Gasteiger partial charge in [-0.15, -0.1) is 11.6 Å². The van der Waals surface area contributed by atoms with E-state index >= 15 is 0 Å². The first-order valence-corrected chi connectivity index (χ1v) is 6.26. The summed E-state index contributed by atoms with van der Waals surface area (Å²) >= 11 is 5.50. The molecule has 0 unspecified atom stereocenters. The maximum absolute atomic E-state index is 5.55. The lowest BCUT2D eigenvalue weighted by Gasteiger charge is -2.16. The van der Waals surface area contributed by atoms with Crippen molar-refractivity contribution in [2.24, 2.45) is 5.92 Å². The second-order valence-electron chi connectivity index (χ2n) is 4.12. The first-order valence-electron chi connectivity index (χ1n) is 5.73. The van der Waals surface area contributed by atoms with Crippen molar-refractivity contribution in [1.82, 2.24) is 4.90 Å². The van der Waals surface area contributed by atoms with E-state index in [1.54, 1.807) is 0 Å². The van der Waals surface area contributed by atoms with E-state index in [2.05, 4.69) is 11.9 Å². The van der Waals surface area contributed by atoms with E-state index < -0.39 is 0 Å². The van der Waals surface area contributed by atoms with Crippen LogP contribution in [0.15, 0.2) is 0 Å². The second-order valence-corrected chi connectivity index (χ2v) is 4.50. The number of ether oxygens (including phenoxy) is 2. The molecule has 90 valence electrons. The Morgan fingerprint density at radius 1 is 1.13 bits per heavy atom. The van der Waals surface area contributed by atoms with E-state index in [4.69, 9.17) is 21.1 Å². The molecule has 0 atom stereocenters. The van der Waals surface area contributed by atoms with Gasteiger partial charge in [-0.1, -0.05) is 0 Å². The average molecular weight is 236 g/mol. The number of alkyl halides is 1. The molecule has 4 heteroatoms. The Kier molecular flexibility index (Phi) is 7.36. The lowest BCUT2D eigenvalue weighted by atomic mass is 10.5. The molecule has 0 radical (unpaired) electrons. The lowest BCUT2D eigenvalue weighted by Crippen LogP contribution is -2.27. The molecule has 0 N–H and O–H groups in total. The third kappa shape index (κ3) is 8.03. The van der Waals surface area contributed by atoms with Crippen molar-refractivity contribution in [2.75, 3.05) is 52.4 Å². The van der Waals surface area contributed by atoms with Crippen LogP contribution in [0.25, 0.3) is 0 Å². The maximum atomic E-state index is 5.55. The van der Waals surface area contributed by atoms with E-state index in [0.29, 0.717) is 12.5 Å². The van der Waals surface area contributed by atoms with Crippen LogP contribution in [0.3, 0.4) is 0 Å². The summed E-state index contributed by atoms with van der Waals surface area (Å²) in [6.45, 7) is 5.12. The number of halogens is 1. The quantitative estimate of drug-likeness (QED) is 0.424. The van der Waals surface area contributed by atoms with Gasteiger partial charge in [0.25, 0.3) is 0 Å². The van der Waals surface area contributed by atoms with E-state index in [0.717, 1.165) is 38.8 Å². The summed E-state index contributed by atoms with van der Waals surface area (Å²) in [7, 11) is 2.09. The van der Waals surface area contributed by atoms with E-state index in [9.17, 15) is 0 Å². The third-order valence-electron chi connectivity index (χ3n) is 2.51. The zero-order valence-corrected chi connectivity index (χ0v) is 10.3. The highest BCUT2D eigenvalue weighted by atomic mass is 35.5. The largest absolute Gasteiger partial charge is 0.380 e. The van der Waals surface area contributed by atoms with E-state index in [1.807, 2.05) is 0 Å². The zero-order chi connectivity index (χ0) is 10.9. The number of hydrogen-bond donors (Lipinski definition) is 0. The predicted molar refractivity (Wildman–Crippen MR) is 62.6 cm³/mol. The second kappa shape index (κ2) is 8.34. The molecule has 1 fully saturated rings. The first kappa shape index (κ1) is 13.2. The van der Waals surface area contributed by atoms with Crippen LogP contribution in [0.2, 0.25) is 0 Å². The highest BCUT2D eigenvalue weighted by Gasteiger charge is 2.20. The highest BCUT2D eigenvalue weighted by molar-refractivity contribution is 6.17. The molecule has 1 rings (SSSR count). The minimum Gasteiger partial charge on any atom is -0.380 e. The summed E-state index contributed by atoms with van der Waals surface area (Å²) in [5.74, 6) is 1.44. The van der Waals surface area contributed by atoms with Crippen LogP contribution in [0.1, 0.15) is 12.8 Å². The molecule has 3 nitrogen and oxygen atoms in total. The van der Waals surface area contributed by atoms with Crippen LogP contribution in [0.4, 0.5) is 0 Å². The molecule has 0 amide bonds. The molecule has 0 spiro atoms. The Morgan fingerprint density at radius 3 is 2.40 bits per heavy atom. The zero-order valence-electron chi connectivity index (χ0n) is 9.58. The van der Waals surface area contributed by atoms with Crippen LogP contribution in [-0.2, 0) is 9.47 Å². The van der Waals surface area contributed by atoms with Crippen molar-refractivity contribution in [3.63, 3.8) is 0 Å². The molecular weight excluding hydrogens is 214 g/mol.